The van der Waals surface area contributed by atoms with E-state index >= 15 is 0 Å². The highest BCUT2D eigenvalue weighted by molar-refractivity contribution is 8.14. The van der Waals surface area contributed by atoms with Crippen molar-refractivity contribution in [2.45, 2.75) is 44.4 Å². The number of ketones is 1. The van der Waals surface area contributed by atoms with E-state index in [0.29, 0.717) is 16.1 Å². The molecular formula is C22H25NO4S2. The maximum Gasteiger partial charge on any atom is 0.264 e. The molecule has 0 heterocycles. The van der Waals surface area contributed by atoms with Crippen molar-refractivity contribution in [3.8, 4) is 0 Å². The van der Waals surface area contributed by atoms with Gasteiger partial charge in [-0.3, -0.25) is 13.9 Å². The van der Waals surface area contributed by atoms with E-state index in [-0.39, 0.29) is 23.2 Å². The van der Waals surface area contributed by atoms with Gasteiger partial charge in [0.1, 0.15) is 0 Å². The first-order chi connectivity index (χ1) is 13.8. The third-order valence-electron chi connectivity index (χ3n) is 5.08. The molecule has 0 N–H and O–H groups in total. The Morgan fingerprint density at radius 1 is 1.00 bits per heavy atom. The van der Waals surface area contributed by atoms with Crippen molar-refractivity contribution in [1.82, 2.24) is 0 Å². The van der Waals surface area contributed by atoms with E-state index in [1.54, 1.807) is 37.3 Å². The van der Waals surface area contributed by atoms with Gasteiger partial charge in [-0.15, -0.1) is 0 Å². The topological polar surface area (TPSA) is 71.5 Å². The van der Waals surface area contributed by atoms with Crippen LogP contribution in [0.4, 0.5) is 5.69 Å². The van der Waals surface area contributed by atoms with Crippen molar-refractivity contribution in [3.63, 3.8) is 0 Å². The lowest BCUT2D eigenvalue weighted by Crippen LogP contribution is -2.31. The van der Waals surface area contributed by atoms with Crippen LogP contribution in [0.2, 0.25) is 0 Å². The number of hydrogen-bond donors (Lipinski definition) is 0. The van der Waals surface area contributed by atoms with Crippen molar-refractivity contribution in [1.29, 1.82) is 0 Å². The summed E-state index contributed by atoms with van der Waals surface area (Å²) in [5, 5.41) is -0.108. The second-order valence-corrected chi connectivity index (χ2v) is 10.1. The molecule has 0 amide bonds. The Hall–Kier alpha value is -2.12. The Balaban J connectivity index is 1.84. The fourth-order valence-corrected chi connectivity index (χ4v) is 5.58. The van der Waals surface area contributed by atoms with Crippen molar-refractivity contribution in [2.75, 3.05) is 16.6 Å². The second-order valence-electron chi connectivity index (χ2n) is 7.06. The van der Waals surface area contributed by atoms with Gasteiger partial charge >= 0.3 is 0 Å². The fourth-order valence-electron chi connectivity index (χ4n) is 3.55. The van der Waals surface area contributed by atoms with Crippen molar-refractivity contribution in [3.05, 3.63) is 59.2 Å². The summed E-state index contributed by atoms with van der Waals surface area (Å²) in [6.07, 6.45) is 4.16. The molecular weight excluding hydrogens is 406 g/mol. The summed E-state index contributed by atoms with van der Waals surface area (Å²) in [6, 6.07) is 12.0. The Kier molecular flexibility index (Phi) is 6.80. The van der Waals surface area contributed by atoms with E-state index in [9.17, 15) is 18.0 Å². The first kappa shape index (κ1) is 21.6. The Morgan fingerprint density at radius 2 is 1.66 bits per heavy atom. The molecule has 0 fully saturated rings. The lowest BCUT2D eigenvalue weighted by molar-refractivity contribution is -0.109. The summed E-state index contributed by atoms with van der Waals surface area (Å²) >= 11 is 0.967. The van der Waals surface area contributed by atoms with Crippen LogP contribution in [-0.2, 0) is 27.7 Å². The summed E-state index contributed by atoms with van der Waals surface area (Å²) in [5.74, 6) is -0.0723. The monoisotopic (exact) mass is 431 g/mol. The van der Waals surface area contributed by atoms with Gasteiger partial charge in [-0.2, -0.15) is 0 Å². The van der Waals surface area contributed by atoms with E-state index < -0.39 is 10.0 Å². The minimum absolute atomic E-state index is 0.0829. The van der Waals surface area contributed by atoms with Gasteiger partial charge in [0, 0.05) is 19.0 Å². The minimum atomic E-state index is -3.69. The number of fused-ring (bicyclic) bond motifs is 1. The van der Waals surface area contributed by atoms with E-state index in [1.807, 2.05) is 12.1 Å². The van der Waals surface area contributed by atoms with Gasteiger partial charge in [-0.25, -0.2) is 8.42 Å². The van der Waals surface area contributed by atoms with E-state index in [4.69, 9.17) is 0 Å². The number of sulfonamides is 1. The highest BCUT2D eigenvalue weighted by Gasteiger charge is 2.25. The predicted octanol–water partition coefficient (Wildman–Crippen LogP) is 4.24. The molecule has 0 atom stereocenters. The molecule has 0 unspecified atom stereocenters. The quantitative estimate of drug-likeness (QED) is 0.613. The van der Waals surface area contributed by atoms with Gasteiger partial charge in [-0.05, 0) is 80.1 Å². The van der Waals surface area contributed by atoms with E-state index in [0.717, 1.165) is 43.0 Å². The van der Waals surface area contributed by atoms with Crippen molar-refractivity contribution < 1.29 is 18.0 Å². The standard InChI is InChI=1S/C22H25NO4S2/c1-3-23(20-11-8-18(9-12-20)22(25)15-28-16(2)24)29(26,27)21-13-10-17-6-4-5-7-19(17)14-21/h8-14H,3-7,15H2,1-2H3. The number of anilines is 1. The Morgan fingerprint density at radius 3 is 2.28 bits per heavy atom. The normalized spacial score (nSPS) is 13.6. The van der Waals surface area contributed by atoms with Gasteiger partial charge < -0.3 is 0 Å². The summed E-state index contributed by atoms with van der Waals surface area (Å²) < 4.78 is 27.9. The number of benzene rings is 2. The smallest absolute Gasteiger partial charge is 0.264 e. The largest absolute Gasteiger partial charge is 0.293 e. The second kappa shape index (κ2) is 9.13. The highest BCUT2D eigenvalue weighted by atomic mass is 32.2. The Labute approximate surface area is 176 Å². The molecule has 3 rings (SSSR count). The Bertz CT molecular complexity index is 1010. The van der Waals surface area contributed by atoms with Crippen molar-refractivity contribution >= 4 is 38.4 Å². The molecule has 5 nitrogen and oxygen atoms in total. The number of hydrogen-bond acceptors (Lipinski definition) is 5. The zero-order chi connectivity index (χ0) is 21.0. The maximum atomic E-state index is 13.3. The molecule has 0 saturated carbocycles. The molecule has 0 spiro atoms. The number of nitrogens with zero attached hydrogens (tertiary/aromatic N) is 1. The van der Waals surface area contributed by atoms with E-state index in [2.05, 4.69) is 0 Å². The molecule has 2 aromatic rings. The van der Waals surface area contributed by atoms with Gasteiger partial charge in [0.2, 0.25) is 0 Å². The minimum Gasteiger partial charge on any atom is -0.293 e. The SMILES string of the molecule is CCN(c1ccc(C(=O)CSC(C)=O)cc1)S(=O)(=O)c1ccc2c(c1)CCCC2. The zero-order valence-corrected chi connectivity index (χ0v) is 18.3. The van der Waals surface area contributed by atoms with Crippen LogP contribution >= 0.6 is 11.8 Å². The summed E-state index contributed by atoms with van der Waals surface area (Å²) in [4.78, 5) is 23.5. The maximum absolute atomic E-state index is 13.3. The lowest BCUT2D eigenvalue weighted by Gasteiger charge is -2.24. The average molecular weight is 432 g/mol. The molecule has 0 aliphatic heterocycles. The number of thioether (sulfide) groups is 1. The highest BCUT2D eigenvalue weighted by Crippen LogP contribution is 2.28. The predicted molar refractivity (Wildman–Crippen MR) is 117 cm³/mol. The van der Waals surface area contributed by atoms with Crippen LogP contribution in [-0.4, -0.2) is 31.6 Å². The van der Waals surface area contributed by atoms with Crippen LogP contribution in [0.25, 0.3) is 0 Å². The van der Waals surface area contributed by atoms with Gasteiger partial charge in [0.15, 0.2) is 10.9 Å². The van der Waals surface area contributed by atoms with Crippen LogP contribution in [0.3, 0.4) is 0 Å². The van der Waals surface area contributed by atoms with Crippen LogP contribution in [0, 0.1) is 0 Å². The molecule has 0 aromatic heterocycles. The molecule has 1 aliphatic rings. The van der Waals surface area contributed by atoms with E-state index in [1.165, 1.54) is 16.8 Å². The van der Waals surface area contributed by atoms with Crippen LogP contribution in [0.5, 0.6) is 0 Å². The number of carbonyl (C=O) groups is 2. The molecule has 154 valence electrons. The number of rotatable bonds is 7. The first-order valence-corrected chi connectivity index (χ1v) is 12.2. The van der Waals surface area contributed by atoms with Gasteiger partial charge in [-0.1, -0.05) is 17.8 Å². The molecule has 7 heteroatoms. The fraction of sp³-hybridized carbons (Fsp3) is 0.364. The number of carbonyl (C=O) groups excluding carboxylic acids is 2. The summed E-state index contributed by atoms with van der Waals surface area (Å²) in [7, 11) is -3.69. The average Bonchev–Trinajstić information content (AvgIpc) is 2.72. The van der Waals surface area contributed by atoms with Crippen LogP contribution in [0.1, 0.15) is 48.2 Å². The third-order valence-corrected chi connectivity index (χ3v) is 7.79. The number of aryl methyl sites for hydroxylation is 2. The summed E-state index contributed by atoms with van der Waals surface area (Å²) in [5.41, 5.74) is 3.34. The van der Waals surface area contributed by atoms with Gasteiger partial charge in [0.25, 0.3) is 10.0 Å². The lowest BCUT2D eigenvalue weighted by atomic mass is 9.92. The molecule has 0 radical (unpaired) electrons. The molecule has 0 saturated heterocycles. The number of Topliss-reactive ketones (excluding diaryl/α,β-unsaturated/α-hetero) is 1. The summed E-state index contributed by atoms with van der Waals surface area (Å²) in [6.45, 7) is 3.50. The first-order valence-electron chi connectivity index (χ1n) is 9.74. The molecule has 1 aliphatic carbocycles. The molecule has 2 aromatic carbocycles. The van der Waals surface area contributed by atoms with Gasteiger partial charge in [0.05, 0.1) is 16.3 Å². The molecule has 0 bridgehead atoms. The van der Waals surface area contributed by atoms with Crippen molar-refractivity contribution in [2.24, 2.45) is 0 Å². The molecule has 29 heavy (non-hydrogen) atoms. The zero-order valence-electron chi connectivity index (χ0n) is 16.7. The third kappa shape index (κ3) is 4.90. The van der Waals surface area contributed by atoms with Crippen LogP contribution < -0.4 is 4.31 Å². The van der Waals surface area contributed by atoms with Crippen LogP contribution in [0.15, 0.2) is 47.4 Å².